The summed E-state index contributed by atoms with van der Waals surface area (Å²) in [5.41, 5.74) is 3.63. The van der Waals surface area contributed by atoms with E-state index in [9.17, 15) is 19.5 Å². The highest BCUT2D eigenvalue weighted by molar-refractivity contribution is 6.05. The number of benzene rings is 2. The predicted octanol–water partition coefficient (Wildman–Crippen LogP) is 2.61. The molecule has 3 aromatic rings. The smallest absolute Gasteiger partial charge is 0.255 e. The molecule has 10 heteroatoms. The number of fused-ring (bicyclic) bond motifs is 2. The molecule has 0 bridgehead atoms. The largest absolute Gasteiger partial charge is 0.489 e. The minimum atomic E-state index is -0.619. The van der Waals surface area contributed by atoms with E-state index in [0.717, 1.165) is 73.5 Å². The van der Waals surface area contributed by atoms with E-state index in [0.29, 0.717) is 25.1 Å². The van der Waals surface area contributed by atoms with E-state index < -0.39 is 11.9 Å². The number of nitrogens with zero attached hydrogens (tertiary/aromatic N) is 4. The zero-order valence-corrected chi connectivity index (χ0v) is 23.5. The van der Waals surface area contributed by atoms with Crippen LogP contribution >= 0.6 is 0 Å². The fraction of sp³-hybridized carbons (Fsp3) is 0.438. The molecule has 0 saturated carbocycles. The van der Waals surface area contributed by atoms with Crippen LogP contribution < -0.4 is 15.0 Å². The number of carbonyl (C=O) groups excluding carboxylic acids is 3. The van der Waals surface area contributed by atoms with Crippen molar-refractivity contribution in [2.45, 2.75) is 63.4 Å². The van der Waals surface area contributed by atoms with Gasteiger partial charge in [-0.1, -0.05) is 6.07 Å². The Morgan fingerprint density at radius 3 is 2.74 bits per heavy atom. The van der Waals surface area contributed by atoms with Crippen molar-refractivity contribution in [1.82, 2.24) is 20.1 Å². The van der Waals surface area contributed by atoms with Crippen LogP contribution in [0.15, 0.2) is 48.5 Å². The van der Waals surface area contributed by atoms with Crippen LogP contribution in [0.4, 0.5) is 5.82 Å². The molecular weight excluding hydrogens is 534 g/mol. The van der Waals surface area contributed by atoms with Crippen molar-refractivity contribution in [1.29, 1.82) is 0 Å². The summed E-state index contributed by atoms with van der Waals surface area (Å²) >= 11 is 0. The molecule has 0 spiro atoms. The van der Waals surface area contributed by atoms with Crippen molar-refractivity contribution in [2.75, 3.05) is 31.1 Å². The van der Waals surface area contributed by atoms with Crippen molar-refractivity contribution in [2.24, 2.45) is 0 Å². The number of aliphatic hydroxyl groups is 1. The van der Waals surface area contributed by atoms with Gasteiger partial charge in [-0.25, -0.2) is 4.98 Å². The van der Waals surface area contributed by atoms with Gasteiger partial charge < -0.3 is 19.6 Å². The molecule has 0 radical (unpaired) electrons. The number of ether oxygens (including phenoxy) is 1. The molecule has 218 valence electrons. The highest BCUT2D eigenvalue weighted by atomic mass is 16.5. The summed E-state index contributed by atoms with van der Waals surface area (Å²) in [4.78, 5) is 47.8. The van der Waals surface area contributed by atoms with Crippen LogP contribution in [-0.2, 0) is 22.7 Å². The number of anilines is 1. The number of likely N-dealkylation sites (tertiary alicyclic amines) is 1. The summed E-state index contributed by atoms with van der Waals surface area (Å²) < 4.78 is 6.34. The van der Waals surface area contributed by atoms with Crippen molar-refractivity contribution >= 4 is 34.4 Å². The first-order valence-corrected chi connectivity index (χ1v) is 14.9. The number of pyridine rings is 1. The van der Waals surface area contributed by atoms with E-state index in [1.807, 2.05) is 12.1 Å². The van der Waals surface area contributed by atoms with Crippen molar-refractivity contribution < 1.29 is 24.2 Å². The number of rotatable bonds is 6. The Morgan fingerprint density at radius 1 is 0.976 bits per heavy atom. The van der Waals surface area contributed by atoms with Gasteiger partial charge in [0, 0.05) is 56.6 Å². The van der Waals surface area contributed by atoms with Gasteiger partial charge in [0.15, 0.2) is 0 Å². The van der Waals surface area contributed by atoms with Gasteiger partial charge in [0.1, 0.15) is 23.7 Å². The molecule has 7 rings (SSSR count). The predicted molar refractivity (Wildman–Crippen MR) is 156 cm³/mol. The maximum absolute atomic E-state index is 13.0. The molecule has 10 nitrogen and oxygen atoms in total. The summed E-state index contributed by atoms with van der Waals surface area (Å²) in [6, 6.07) is 15.5. The third kappa shape index (κ3) is 5.32. The van der Waals surface area contributed by atoms with Gasteiger partial charge in [0.05, 0.1) is 11.6 Å². The van der Waals surface area contributed by atoms with E-state index in [4.69, 9.17) is 9.72 Å². The number of carbonyl (C=O) groups is 3. The maximum atomic E-state index is 13.0. The van der Waals surface area contributed by atoms with Crippen LogP contribution in [0, 0.1) is 0 Å². The topological polar surface area (TPSA) is 115 Å². The Balaban J connectivity index is 0.957. The summed E-state index contributed by atoms with van der Waals surface area (Å²) in [6.07, 6.45) is 3.11. The number of piperidine rings is 2. The van der Waals surface area contributed by atoms with E-state index in [-0.39, 0.29) is 30.4 Å². The summed E-state index contributed by atoms with van der Waals surface area (Å²) in [6.45, 7) is 4.48. The van der Waals surface area contributed by atoms with Crippen molar-refractivity contribution in [3.8, 4) is 5.75 Å². The monoisotopic (exact) mass is 569 g/mol. The molecule has 2 N–H and O–H groups in total. The normalized spacial score (nSPS) is 24.8. The number of imide groups is 1. The first kappa shape index (κ1) is 26.9. The number of hydrogen-bond donors (Lipinski definition) is 2. The van der Waals surface area contributed by atoms with E-state index in [1.165, 1.54) is 5.56 Å². The Morgan fingerprint density at radius 2 is 1.88 bits per heavy atom. The van der Waals surface area contributed by atoms with Crippen LogP contribution in [0.25, 0.3) is 10.9 Å². The molecule has 3 saturated heterocycles. The second-order valence-electron chi connectivity index (χ2n) is 11.9. The standard InChI is InChI=1S/C32H35N5O5/c38-23-2-1-12-36(18-23)29-9-4-21-14-20(3-7-27(21)33-29)16-35-13-11-25(19-35)42-24-5-6-26-22(15-24)17-37(32(26)41)28-8-10-30(39)34-31(28)40/h3-7,9,14-15,23,25,28,38H,1-2,8,10-13,16-19H2,(H,34,39,40)/t23-,25-,28?/m0/s1. The Labute approximate surface area is 244 Å². The molecule has 1 aromatic heterocycles. The van der Waals surface area contributed by atoms with Crippen LogP contribution in [0.3, 0.4) is 0 Å². The lowest BCUT2D eigenvalue weighted by molar-refractivity contribution is -0.136. The lowest BCUT2D eigenvalue weighted by Gasteiger charge is -2.31. The third-order valence-electron chi connectivity index (χ3n) is 8.89. The second-order valence-corrected chi connectivity index (χ2v) is 11.9. The van der Waals surface area contributed by atoms with Gasteiger partial charge in [-0.3, -0.25) is 24.6 Å². The number of nitrogens with one attached hydrogen (secondary N) is 1. The fourth-order valence-electron chi connectivity index (χ4n) is 6.71. The van der Waals surface area contributed by atoms with Gasteiger partial charge in [0.25, 0.3) is 5.91 Å². The van der Waals surface area contributed by atoms with Crippen LogP contribution in [0.2, 0.25) is 0 Å². The number of β-amino-alcohol motifs (C(OH)–C–C–N with tert-alkyl or cyclic N) is 1. The SMILES string of the molecule is O=C1CCC(N2Cc3cc(O[C@H]4CCN(Cc5ccc6nc(N7CCC[C@H](O)C7)ccc6c5)C4)ccc3C2=O)C(=O)N1. The zero-order valence-electron chi connectivity index (χ0n) is 23.5. The molecule has 2 aromatic carbocycles. The fourth-order valence-corrected chi connectivity index (χ4v) is 6.71. The Hall–Kier alpha value is -4.02. The van der Waals surface area contributed by atoms with E-state index in [1.54, 1.807) is 11.0 Å². The van der Waals surface area contributed by atoms with Gasteiger partial charge in [-0.05, 0) is 79.3 Å². The van der Waals surface area contributed by atoms with Gasteiger partial charge in [-0.2, -0.15) is 0 Å². The number of amides is 3. The molecule has 1 unspecified atom stereocenters. The molecule has 4 aliphatic heterocycles. The number of aliphatic hydroxyl groups excluding tert-OH is 1. The molecule has 0 aliphatic carbocycles. The third-order valence-corrected chi connectivity index (χ3v) is 8.89. The average Bonchev–Trinajstić information content (AvgIpc) is 3.55. The average molecular weight is 570 g/mol. The van der Waals surface area contributed by atoms with E-state index in [2.05, 4.69) is 45.4 Å². The molecule has 42 heavy (non-hydrogen) atoms. The van der Waals surface area contributed by atoms with Crippen LogP contribution in [0.5, 0.6) is 5.75 Å². The summed E-state index contributed by atoms with van der Waals surface area (Å²) in [7, 11) is 0. The van der Waals surface area contributed by atoms with Gasteiger partial charge >= 0.3 is 0 Å². The van der Waals surface area contributed by atoms with Crippen molar-refractivity contribution in [3.63, 3.8) is 0 Å². The molecule has 3 atom stereocenters. The molecule has 4 aliphatic rings. The number of hydrogen-bond acceptors (Lipinski definition) is 8. The quantitative estimate of drug-likeness (QED) is 0.436. The molecule has 3 fully saturated rings. The first-order chi connectivity index (χ1) is 20.4. The Kier molecular flexibility index (Phi) is 7.03. The van der Waals surface area contributed by atoms with Gasteiger partial charge in [-0.15, -0.1) is 0 Å². The lowest BCUT2D eigenvalue weighted by Crippen LogP contribution is -2.52. The van der Waals surface area contributed by atoms with Crippen molar-refractivity contribution in [3.05, 3.63) is 65.2 Å². The van der Waals surface area contributed by atoms with Crippen LogP contribution in [0.1, 0.15) is 53.6 Å². The molecule has 5 heterocycles. The lowest BCUT2D eigenvalue weighted by atomic mass is 10.0. The Bertz CT molecular complexity index is 1560. The highest BCUT2D eigenvalue weighted by Gasteiger charge is 2.39. The summed E-state index contributed by atoms with van der Waals surface area (Å²) in [5, 5.41) is 13.5. The minimum Gasteiger partial charge on any atom is -0.489 e. The zero-order chi connectivity index (χ0) is 28.8. The second kappa shape index (κ2) is 11.0. The first-order valence-electron chi connectivity index (χ1n) is 14.9. The van der Waals surface area contributed by atoms with Crippen LogP contribution in [-0.4, -0.2) is 82.0 Å². The highest BCUT2D eigenvalue weighted by Crippen LogP contribution is 2.31. The maximum Gasteiger partial charge on any atom is 0.255 e. The minimum absolute atomic E-state index is 0.0518. The molecular formula is C32H35N5O5. The number of aromatic nitrogens is 1. The van der Waals surface area contributed by atoms with E-state index >= 15 is 0 Å². The summed E-state index contributed by atoms with van der Waals surface area (Å²) in [5.74, 6) is 0.787. The van der Waals surface area contributed by atoms with Gasteiger partial charge in [0.2, 0.25) is 11.8 Å². The molecule has 3 amide bonds.